The average molecular weight is 821 g/mol. The standard InChI is InChI=1S/C52H72N2O2S2/c1-6-10-14-18-22-26-30-39-34-43-41(47(38-53)48(55)32-28-24-20-16-12-8-3)36-45-46(51(43)57-39)37-42(50(54-5)49(56)33-29-25-21-17-13-9-4)44-35-40(58-52(44)45)31-27-23-19-15-11-7-2/h34-37H,6-33H2,1-4H3/b47-41+,50-42-. The number of rotatable bonds is 30. The topological polar surface area (TPSA) is 62.3 Å². The molecule has 0 spiro atoms. The Morgan fingerprint density at radius 1 is 0.517 bits per heavy atom. The molecule has 4 aromatic rings. The largest absolute Gasteiger partial charge is 0.308 e. The summed E-state index contributed by atoms with van der Waals surface area (Å²) in [6.45, 7) is 17.3. The lowest BCUT2D eigenvalue weighted by Gasteiger charge is -2.08. The van der Waals surface area contributed by atoms with Crippen LogP contribution in [0.15, 0.2) is 24.3 Å². The van der Waals surface area contributed by atoms with Crippen LogP contribution < -0.4 is 10.4 Å². The lowest BCUT2D eigenvalue weighted by Crippen LogP contribution is -2.15. The highest BCUT2D eigenvalue weighted by atomic mass is 32.1. The molecule has 4 rings (SSSR count). The predicted molar refractivity (Wildman–Crippen MR) is 253 cm³/mol. The van der Waals surface area contributed by atoms with Gasteiger partial charge in [0.1, 0.15) is 11.6 Å². The number of thiophene rings is 2. The van der Waals surface area contributed by atoms with Crippen LogP contribution in [0.2, 0.25) is 0 Å². The second-order valence-electron chi connectivity index (χ2n) is 16.7. The molecule has 0 fully saturated rings. The number of aryl methyl sites for hydroxylation is 2. The van der Waals surface area contributed by atoms with E-state index in [1.807, 2.05) is 0 Å². The number of unbranched alkanes of at least 4 members (excludes halogenated alkanes) is 20. The minimum Gasteiger partial charge on any atom is -0.308 e. The van der Waals surface area contributed by atoms with Gasteiger partial charge in [-0.05, 0) is 67.3 Å². The summed E-state index contributed by atoms with van der Waals surface area (Å²) in [6.07, 6.45) is 30.5. The number of ketones is 2. The van der Waals surface area contributed by atoms with Crippen LogP contribution in [-0.4, -0.2) is 11.6 Å². The van der Waals surface area contributed by atoms with Gasteiger partial charge in [0.15, 0.2) is 11.6 Å². The van der Waals surface area contributed by atoms with Crippen molar-refractivity contribution in [3.63, 3.8) is 0 Å². The number of benzene rings is 2. The summed E-state index contributed by atoms with van der Waals surface area (Å²) in [7, 11) is 0. The fourth-order valence-electron chi connectivity index (χ4n) is 8.39. The Morgan fingerprint density at radius 2 is 0.897 bits per heavy atom. The first-order chi connectivity index (χ1) is 28.4. The molecule has 0 saturated carbocycles. The quantitative estimate of drug-likeness (QED) is 0.0389. The van der Waals surface area contributed by atoms with Gasteiger partial charge in [0, 0.05) is 53.4 Å². The summed E-state index contributed by atoms with van der Waals surface area (Å²) >= 11 is 3.55. The van der Waals surface area contributed by atoms with Gasteiger partial charge in [0.2, 0.25) is 5.70 Å². The first kappa shape index (κ1) is 47.4. The van der Waals surface area contributed by atoms with Crippen LogP contribution in [0.1, 0.15) is 204 Å². The fourth-order valence-corrected chi connectivity index (χ4v) is 10.9. The van der Waals surface area contributed by atoms with E-state index in [0.29, 0.717) is 12.8 Å². The number of nitrogens with zero attached hydrogens (tertiary/aromatic N) is 2. The maximum absolute atomic E-state index is 13.9. The van der Waals surface area contributed by atoms with Gasteiger partial charge in [0.05, 0.1) is 6.57 Å². The van der Waals surface area contributed by atoms with Crippen LogP contribution >= 0.6 is 22.7 Å². The molecule has 0 aliphatic heterocycles. The third-order valence-corrected chi connectivity index (χ3v) is 14.3. The van der Waals surface area contributed by atoms with Gasteiger partial charge in [-0.25, -0.2) is 4.85 Å². The average Bonchev–Trinajstić information content (AvgIpc) is 3.86. The van der Waals surface area contributed by atoms with Crippen molar-refractivity contribution in [1.29, 1.82) is 5.26 Å². The van der Waals surface area contributed by atoms with E-state index in [1.54, 1.807) is 22.7 Å². The maximum Gasteiger partial charge on any atom is 0.236 e. The third kappa shape index (κ3) is 13.9. The zero-order valence-electron chi connectivity index (χ0n) is 36.6. The molecule has 2 aromatic heterocycles. The highest BCUT2D eigenvalue weighted by molar-refractivity contribution is 7.21. The SMILES string of the molecule is [C-]#[N+]/C(C(=O)CCCCCCCC)=c1/cc2c(c/c(=C(/C#N)C(=O)CCCCCCCC)c3cc(CCCCCCCC)sc32)c2sc(CCCCCCCC)cc12. The molecular weight excluding hydrogens is 749 g/mol. The molecule has 0 aliphatic carbocycles. The van der Waals surface area contributed by atoms with E-state index in [4.69, 9.17) is 6.57 Å². The molecule has 2 aromatic carbocycles. The highest BCUT2D eigenvalue weighted by Crippen LogP contribution is 2.38. The summed E-state index contributed by atoms with van der Waals surface area (Å²) in [5.74, 6) is -0.118. The van der Waals surface area contributed by atoms with Gasteiger partial charge in [-0.1, -0.05) is 162 Å². The van der Waals surface area contributed by atoms with Gasteiger partial charge in [-0.3, -0.25) is 4.79 Å². The summed E-state index contributed by atoms with van der Waals surface area (Å²) in [5.41, 5.74) is 0.525. The van der Waals surface area contributed by atoms with Gasteiger partial charge in [0.25, 0.3) is 0 Å². The zero-order valence-corrected chi connectivity index (χ0v) is 38.3. The van der Waals surface area contributed by atoms with Crippen LogP contribution in [0, 0.1) is 17.9 Å². The monoisotopic (exact) mass is 821 g/mol. The number of fused-ring (bicyclic) bond motifs is 5. The van der Waals surface area contributed by atoms with Crippen molar-refractivity contribution >= 4 is 76.5 Å². The van der Waals surface area contributed by atoms with Crippen molar-refractivity contribution in [1.82, 2.24) is 0 Å². The maximum atomic E-state index is 13.9. The fraction of sp³-hybridized carbons (Fsp3) is 0.615. The summed E-state index contributed by atoms with van der Waals surface area (Å²) < 4.78 is 2.13. The molecular formula is C52H72N2O2S2. The van der Waals surface area contributed by atoms with Crippen molar-refractivity contribution in [2.24, 2.45) is 0 Å². The van der Waals surface area contributed by atoms with Crippen LogP contribution in [-0.2, 0) is 22.4 Å². The molecule has 58 heavy (non-hydrogen) atoms. The molecule has 314 valence electrons. The normalized spacial score (nSPS) is 12.7. The van der Waals surface area contributed by atoms with Crippen LogP contribution in [0.3, 0.4) is 0 Å². The lowest BCUT2D eigenvalue weighted by molar-refractivity contribution is -0.114. The van der Waals surface area contributed by atoms with Gasteiger partial charge >= 0.3 is 0 Å². The summed E-state index contributed by atoms with van der Waals surface area (Å²) in [5, 5.41) is 16.1. The van der Waals surface area contributed by atoms with Crippen molar-refractivity contribution in [2.45, 2.75) is 207 Å². The molecule has 0 N–H and O–H groups in total. The van der Waals surface area contributed by atoms with Crippen molar-refractivity contribution in [2.75, 3.05) is 0 Å². The molecule has 0 amide bonds. The van der Waals surface area contributed by atoms with Crippen LogP contribution in [0.5, 0.6) is 0 Å². The van der Waals surface area contributed by atoms with Crippen molar-refractivity contribution in [3.05, 3.63) is 55.9 Å². The van der Waals surface area contributed by atoms with E-state index in [1.165, 1.54) is 112 Å². The highest BCUT2D eigenvalue weighted by Gasteiger charge is 2.20. The Morgan fingerprint density at radius 3 is 1.33 bits per heavy atom. The predicted octanol–water partition coefficient (Wildman–Crippen LogP) is 15.4. The van der Waals surface area contributed by atoms with Crippen molar-refractivity contribution < 1.29 is 9.59 Å². The van der Waals surface area contributed by atoms with Crippen LogP contribution in [0.4, 0.5) is 0 Å². The first-order valence-electron chi connectivity index (χ1n) is 23.4. The number of hydrogen-bond donors (Lipinski definition) is 0. The van der Waals surface area contributed by atoms with E-state index in [-0.39, 0.29) is 22.8 Å². The summed E-state index contributed by atoms with van der Waals surface area (Å²) in [6, 6.07) is 11.1. The number of carbonyl (C=O) groups is 2. The molecule has 0 bridgehead atoms. The van der Waals surface area contributed by atoms with E-state index in [0.717, 1.165) is 106 Å². The van der Waals surface area contributed by atoms with Crippen LogP contribution in [0.25, 0.3) is 47.1 Å². The number of nitriles is 1. The molecule has 0 saturated heterocycles. The number of hydrogen-bond acceptors (Lipinski definition) is 5. The van der Waals surface area contributed by atoms with E-state index in [9.17, 15) is 14.9 Å². The first-order valence-corrected chi connectivity index (χ1v) is 25.1. The smallest absolute Gasteiger partial charge is 0.236 e. The molecule has 0 radical (unpaired) electrons. The summed E-state index contributed by atoms with van der Waals surface area (Å²) in [4.78, 5) is 34.4. The minimum absolute atomic E-state index is 0.0574. The minimum atomic E-state index is -0.0611. The Labute approximate surface area is 359 Å². The Kier molecular flexibility index (Phi) is 21.8. The Balaban J connectivity index is 1.90. The number of carbonyl (C=O) groups excluding carboxylic acids is 2. The molecule has 6 heteroatoms. The number of Topliss-reactive ketones (excluding diaryl/α,β-unsaturated/α-hetero) is 2. The zero-order chi connectivity index (χ0) is 41.5. The molecule has 0 unspecified atom stereocenters. The molecule has 4 nitrogen and oxygen atoms in total. The van der Waals surface area contributed by atoms with Crippen molar-refractivity contribution in [3.8, 4) is 6.07 Å². The molecule has 2 heterocycles. The second kappa shape index (κ2) is 26.7. The van der Waals surface area contributed by atoms with Gasteiger partial charge in [-0.15, -0.1) is 22.7 Å². The third-order valence-electron chi connectivity index (χ3n) is 11.9. The molecule has 0 aliphatic rings. The Bertz CT molecular complexity index is 1970. The molecule has 0 atom stereocenters. The second-order valence-corrected chi connectivity index (χ2v) is 19.0. The Hall–Kier alpha value is -3.32. The van der Waals surface area contributed by atoms with Gasteiger partial charge in [-0.2, -0.15) is 5.26 Å². The lowest BCUT2D eigenvalue weighted by atomic mass is 9.96. The van der Waals surface area contributed by atoms with E-state index >= 15 is 0 Å². The van der Waals surface area contributed by atoms with E-state index in [2.05, 4.69) is 62.9 Å². The van der Waals surface area contributed by atoms with Gasteiger partial charge < -0.3 is 4.79 Å². The van der Waals surface area contributed by atoms with E-state index < -0.39 is 0 Å².